The largest absolute Gasteiger partial charge is 0.381 e. The molecule has 1 atom stereocenters. The molecule has 9 heteroatoms. The van der Waals surface area contributed by atoms with E-state index in [1.54, 1.807) is 6.92 Å². The van der Waals surface area contributed by atoms with Gasteiger partial charge in [-0.3, -0.25) is 19.1 Å². The molecule has 0 spiro atoms. The predicted molar refractivity (Wildman–Crippen MR) is 83.5 cm³/mol. The third-order valence-corrected chi connectivity index (χ3v) is 4.32. The predicted octanol–water partition coefficient (Wildman–Crippen LogP) is 1.79. The second kappa shape index (κ2) is 7.94. The number of nitro benzene ring substituents is 1. The molecule has 0 fully saturated rings. The quantitative estimate of drug-likeness (QED) is 0.585. The first-order valence-electron chi connectivity index (χ1n) is 6.19. The zero-order valence-corrected chi connectivity index (χ0v) is 13.2. The van der Waals surface area contributed by atoms with Crippen molar-refractivity contribution in [2.75, 3.05) is 30.4 Å². The van der Waals surface area contributed by atoms with Crippen molar-refractivity contribution in [3.8, 4) is 0 Å². The second-order valence-electron chi connectivity index (χ2n) is 4.05. The molecule has 0 aliphatic carbocycles. The van der Waals surface area contributed by atoms with Gasteiger partial charge in [-0.15, -0.1) is 0 Å². The number of amides is 1. The Morgan fingerprint density at radius 3 is 2.67 bits per heavy atom. The van der Waals surface area contributed by atoms with Crippen LogP contribution < -0.4 is 10.6 Å². The molecular weight excluding hydrogens is 318 g/mol. The molecule has 1 aromatic rings. The number of nitro groups is 1. The Bertz CT molecular complexity index is 580. The molecule has 1 amide bonds. The van der Waals surface area contributed by atoms with Gasteiger partial charge in [-0.2, -0.15) is 0 Å². The molecule has 0 aromatic heterocycles. The van der Waals surface area contributed by atoms with Gasteiger partial charge in [0.05, 0.1) is 9.95 Å². The Morgan fingerprint density at radius 2 is 2.14 bits per heavy atom. The number of rotatable bonds is 7. The Labute approximate surface area is 129 Å². The van der Waals surface area contributed by atoms with E-state index >= 15 is 0 Å². The minimum atomic E-state index is -0.980. The van der Waals surface area contributed by atoms with Crippen LogP contribution >= 0.6 is 11.6 Å². The summed E-state index contributed by atoms with van der Waals surface area (Å²) in [5.41, 5.74) is -0.0226. The molecule has 7 nitrogen and oxygen atoms in total. The topological polar surface area (TPSA) is 101 Å². The van der Waals surface area contributed by atoms with E-state index in [4.69, 9.17) is 11.6 Å². The lowest BCUT2D eigenvalue weighted by molar-refractivity contribution is -0.383. The smallest absolute Gasteiger partial charge is 0.294 e. The first-order chi connectivity index (χ1) is 9.90. The van der Waals surface area contributed by atoms with Crippen LogP contribution in [0, 0.1) is 10.1 Å². The highest BCUT2D eigenvalue weighted by molar-refractivity contribution is 7.84. The Morgan fingerprint density at radius 1 is 1.48 bits per heavy atom. The molecule has 1 rings (SSSR count). The number of nitrogens with one attached hydrogen (secondary N) is 2. The number of carbonyl (C=O) groups excluding carboxylic acids is 1. The highest BCUT2D eigenvalue weighted by atomic mass is 35.5. The average molecular weight is 334 g/mol. The summed E-state index contributed by atoms with van der Waals surface area (Å²) in [7, 11) is 0.528. The fourth-order valence-electron chi connectivity index (χ4n) is 1.64. The summed E-state index contributed by atoms with van der Waals surface area (Å²) in [6, 6.07) is 2.51. The number of anilines is 1. The van der Waals surface area contributed by atoms with Gasteiger partial charge in [0, 0.05) is 47.5 Å². The number of nitrogens with zero attached hydrogens (tertiary/aromatic N) is 1. The van der Waals surface area contributed by atoms with Crippen molar-refractivity contribution in [1.29, 1.82) is 0 Å². The molecule has 2 N–H and O–H groups in total. The molecule has 1 aromatic carbocycles. The van der Waals surface area contributed by atoms with Gasteiger partial charge in [-0.25, -0.2) is 0 Å². The highest BCUT2D eigenvalue weighted by Crippen LogP contribution is 2.33. The molecule has 0 aliphatic rings. The number of hydrogen-bond donors (Lipinski definition) is 2. The molecule has 0 bridgehead atoms. The van der Waals surface area contributed by atoms with E-state index in [-0.39, 0.29) is 28.5 Å². The maximum Gasteiger partial charge on any atom is 0.294 e. The second-order valence-corrected chi connectivity index (χ2v) is 6.32. The van der Waals surface area contributed by atoms with Gasteiger partial charge < -0.3 is 10.6 Å². The van der Waals surface area contributed by atoms with E-state index in [0.29, 0.717) is 11.5 Å². The van der Waals surface area contributed by atoms with Gasteiger partial charge in [0.2, 0.25) is 0 Å². The van der Waals surface area contributed by atoms with Crippen LogP contribution in [-0.4, -0.2) is 40.1 Å². The van der Waals surface area contributed by atoms with Crippen LogP contribution in [0.4, 0.5) is 11.4 Å². The third-order valence-electron chi connectivity index (χ3n) is 2.72. The summed E-state index contributed by atoms with van der Waals surface area (Å²) in [4.78, 5) is 22.3. The monoisotopic (exact) mass is 333 g/mol. The number of carbonyl (C=O) groups is 1. The highest BCUT2D eigenvalue weighted by Gasteiger charge is 2.20. The van der Waals surface area contributed by atoms with Crippen LogP contribution in [-0.2, 0) is 10.8 Å². The molecular formula is C12H16ClN3O4S. The number of hydrogen-bond acceptors (Lipinski definition) is 5. The van der Waals surface area contributed by atoms with Gasteiger partial charge in [-0.1, -0.05) is 18.5 Å². The van der Waals surface area contributed by atoms with Crippen LogP contribution in [0.2, 0.25) is 5.02 Å². The van der Waals surface area contributed by atoms with Gasteiger partial charge in [0.25, 0.3) is 11.6 Å². The van der Waals surface area contributed by atoms with E-state index in [1.807, 2.05) is 0 Å². The summed E-state index contributed by atoms with van der Waals surface area (Å²) in [5, 5.41) is 16.3. The van der Waals surface area contributed by atoms with Crippen LogP contribution in [0.1, 0.15) is 17.3 Å². The van der Waals surface area contributed by atoms with Crippen molar-refractivity contribution in [2.45, 2.75) is 6.92 Å². The first kappa shape index (κ1) is 17.4. The molecule has 21 heavy (non-hydrogen) atoms. The van der Waals surface area contributed by atoms with Crippen LogP contribution in [0.25, 0.3) is 0 Å². The maximum absolute atomic E-state index is 11.9. The van der Waals surface area contributed by atoms with Gasteiger partial charge in [-0.05, 0) is 6.07 Å². The minimum absolute atomic E-state index is 0.0907. The lowest BCUT2D eigenvalue weighted by Gasteiger charge is -2.08. The van der Waals surface area contributed by atoms with Gasteiger partial charge in [0.15, 0.2) is 0 Å². The zero-order valence-electron chi connectivity index (χ0n) is 11.6. The van der Waals surface area contributed by atoms with Crippen molar-refractivity contribution < 1.29 is 13.9 Å². The van der Waals surface area contributed by atoms with Crippen molar-refractivity contribution in [3.63, 3.8) is 0 Å². The van der Waals surface area contributed by atoms with E-state index in [1.165, 1.54) is 13.1 Å². The van der Waals surface area contributed by atoms with E-state index in [9.17, 15) is 19.1 Å². The Balaban J connectivity index is 2.90. The van der Waals surface area contributed by atoms with Crippen molar-refractivity contribution >= 4 is 39.7 Å². The standard InChI is InChI=1S/C12H16ClN3O4S/c1-3-21(20)5-4-15-12(17)8-6-9(13)11(14-2)10(7-8)16(18)19/h6-7,14H,3-5H2,1-2H3,(H,15,17). The van der Waals surface area contributed by atoms with Crippen LogP contribution in [0.5, 0.6) is 0 Å². The third kappa shape index (κ3) is 4.68. The Kier molecular flexibility index (Phi) is 6.57. The lowest BCUT2D eigenvalue weighted by Crippen LogP contribution is -2.28. The summed E-state index contributed by atoms with van der Waals surface area (Å²) < 4.78 is 11.3. The summed E-state index contributed by atoms with van der Waals surface area (Å²) in [6.45, 7) is 2.02. The van der Waals surface area contributed by atoms with E-state index in [2.05, 4.69) is 10.6 Å². The van der Waals surface area contributed by atoms with Crippen LogP contribution in [0.3, 0.4) is 0 Å². The first-order valence-corrected chi connectivity index (χ1v) is 8.06. The Hall–Kier alpha value is -1.67. The van der Waals surface area contributed by atoms with E-state index in [0.717, 1.165) is 6.07 Å². The van der Waals surface area contributed by atoms with E-state index < -0.39 is 21.6 Å². The molecule has 0 heterocycles. The SMILES string of the molecule is CCS(=O)CCNC(=O)c1cc(Cl)c(NC)c([N+](=O)[O-])c1. The maximum atomic E-state index is 11.9. The van der Waals surface area contributed by atoms with Gasteiger partial charge >= 0.3 is 0 Å². The molecule has 116 valence electrons. The molecule has 0 saturated heterocycles. The van der Waals surface area contributed by atoms with Crippen molar-refractivity contribution in [2.24, 2.45) is 0 Å². The summed E-state index contributed by atoms with van der Waals surface area (Å²) >= 11 is 5.93. The molecule has 0 aliphatic heterocycles. The number of halogens is 1. The van der Waals surface area contributed by atoms with Crippen molar-refractivity contribution in [3.05, 3.63) is 32.8 Å². The summed E-state index contributed by atoms with van der Waals surface area (Å²) in [6.07, 6.45) is 0. The normalized spacial score (nSPS) is 11.8. The molecule has 1 unspecified atom stereocenters. The summed E-state index contributed by atoms with van der Waals surface area (Å²) in [5.74, 6) is 0.368. The fraction of sp³-hybridized carbons (Fsp3) is 0.417. The lowest BCUT2D eigenvalue weighted by atomic mass is 10.1. The number of benzene rings is 1. The zero-order chi connectivity index (χ0) is 16.0. The van der Waals surface area contributed by atoms with Crippen LogP contribution in [0.15, 0.2) is 12.1 Å². The average Bonchev–Trinajstić information content (AvgIpc) is 2.45. The molecule has 0 radical (unpaired) electrons. The molecule has 0 saturated carbocycles. The van der Waals surface area contributed by atoms with Gasteiger partial charge in [0.1, 0.15) is 5.69 Å². The van der Waals surface area contributed by atoms with Crippen molar-refractivity contribution in [1.82, 2.24) is 5.32 Å². The fourth-order valence-corrected chi connectivity index (χ4v) is 2.57. The minimum Gasteiger partial charge on any atom is -0.381 e.